The molecule has 0 fully saturated rings. The summed E-state index contributed by atoms with van der Waals surface area (Å²) in [5, 5.41) is 1.14. The summed E-state index contributed by atoms with van der Waals surface area (Å²) in [5.41, 5.74) is 2.86. The Morgan fingerprint density at radius 3 is 2.77 bits per heavy atom. The zero-order chi connectivity index (χ0) is 15.2. The van der Waals surface area contributed by atoms with Crippen LogP contribution in [0.25, 0.3) is 0 Å². The van der Waals surface area contributed by atoms with Crippen molar-refractivity contribution in [2.75, 3.05) is 11.4 Å². The van der Waals surface area contributed by atoms with Gasteiger partial charge in [0.1, 0.15) is 0 Å². The molecule has 2 nitrogen and oxygen atoms in total. The van der Waals surface area contributed by atoms with Gasteiger partial charge in [-0.2, -0.15) is 0 Å². The predicted molar refractivity (Wildman–Crippen MR) is 97.9 cm³/mol. The van der Waals surface area contributed by atoms with Gasteiger partial charge in [0.15, 0.2) is 5.17 Å². The number of thioether (sulfide) groups is 1. The van der Waals surface area contributed by atoms with Crippen molar-refractivity contribution >= 4 is 22.6 Å². The molecule has 118 valence electrons. The fraction of sp³-hybridized carbons (Fsp3) is 0.526. The van der Waals surface area contributed by atoms with Crippen LogP contribution >= 0.6 is 11.8 Å². The number of anilines is 1. The maximum Gasteiger partial charge on any atom is 0.173 e. The maximum atomic E-state index is 4.60. The van der Waals surface area contributed by atoms with Crippen molar-refractivity contribution in [3.8, 4) is 0 Å². The van der Waals surface area contributed by atoms with Crippen LogP contribution in [-0.4, -0.2) is 11.7 Å². The maximum absolute atomic E-state index is 4.60. The minimum absolute atomic E-state index is 0.819. The van der Waals surface area contributed by atoms with Gasteiger partial charge in [-0.3, -0.25) is 9.89 Å². The smallest absolute Gasteiger partial charge is 0.173 e. The van der Waals surface area contributed by atoms with Crippen molar-refractivity contribution in [2.45, 2.75) is 63.2 Å². The summed E-state index contributed by atoms with van der Waals surface area (Å²) in [6, 6.07) is 6.72. The third-order valence-corrected chi connectivity index (χ3v) is 5.42. The summed E-state index contributed by atoms with van der Waals surface area (Å²) in [6.07, 6.45) is 15.1. The van der Waals surface area contributed by atoms with E-state index in [-0.39, 0.29) is 0 Å². The highest BCUT2D eigenvalue weighted by atomic mass is 32.2. The topological polar surface area (TPSA) is 15.6 Å². The zero-order valence-electron chi connectivity index (χ0n) is 13.6. The van der Waals surface area contributed by atoms with E-state index in [9.17, 15) is 0 Å². The van der Waals surface area contributed by atoms with Crippen LogP contribution in [0.3, 0.4) is 0 Å². The van der Waals surface area contributed by atoms with Gasteiger partial charge in [0.05, 0.1) is 12.2 Å². The van der Waals surface area contributed by atoms with Crippen molar-refractivity contribution in [3.63, 3.8) is 0 Å². The molecule has 3 heteroatoms. The van der Waals surface area contributed by atoms with E-state index in [0.29, 0.717) is 0 Å². The van der Waals surface area contributed by atoms with Gasteiger partial charge in [0.25, 0.3) is 0 Å². The molecule has 2 aliphatic rings. The molecule has 0 bridgehead atoms. The SMILES string of the molecule is CCCCCCCCCc1cccc2c1N1C=CCN=C1S2. The summed E-state index contributed by atoms with van der Waals surface area (Å²) in [6.45, 7) is 3.10. The summed E-state index contributed by atoms with van der Waals surface area (Å²) in [4.78, 5) is 8.25. The Labute approximate surface area is 138 Å². The molecule has 2 aliphatic heterocycles. The number of benzene rings is 1. The minimum Gasteiger partial charge on any atom is -0.295 e. The fourth-order valence-corrected chi connectivity index (χ4v) is 4.23. The Morgan fingerprint density at radius 2 is 1.91 bits per heavy atom. The number of para-hydroxylation sites is 1. The molecule has 2 heterocycles. The Kier molecular flexibility index (Phi) is 5.60. The van der Waals surface area contributed by atoms with Crippen LogP contribution in [0.4, 0.5) is 5.69 Å². The van der Waals surface area contributed by atoms with Gasteiger partial charge in [-0.05, 0) is 42.3 Å². The molecule has 0 aliphatic carbocycles. The molecule has 0 amide bonds. The monoisotopic (exact) mass is 314 g/mol. The van der Waals surface area contributed by atoms with Gasteiger partial charge in [0.2, 0.25) is 0 Å². The van der Waals surface area contributed by atoms with E-state index in [1.807, 2.05) is 11.8 Å². The molecule has 0 unspecified atom stereocenters. The molecule has 0 N–H and O–H groups in total. The number of rotatable bonds is 8. The number of unbranched alkanes of at least 4 members (excludes halogenated alkanes) is 6. The Bertz CT molecular complexity index is 563. The molecular formula is C19H26N2S. The van der Waals surface area contributed by atoms with Crippen LogP contribution in [-0.2, 0) is 6.42 Å². The summed E-state index contributed by atoms with van der Waals surface area (Å²) >= 11 is 1.81. The second-order valence-corrected chi connectivity index (χ2v) is 7.12. The molecule has 3 rings (SSSR count). The number of fused-ring (bicyclic) bond motifs is 3. The fourth-order valence-electron chi connectivity index (χ4n) is 3.17. The molecule has 0 aromatic heterocycles. The van der Waals surface area contributed by atoms with Crippen molar-refractivity contribution in [2.24, 2.45) is 4.99 Å². The van der Waals surface area contributed by atoms with Crippen LogP contribution in [0.2, 0.25) is 0 Å². The first-order valence-corrected chi connectivity index (χ1v) is 9.52. The lowest BCUT2D eigenvalue weighted by Gasteiger charge is -2.19. The predicted octanol–water partition coefficient (Wildman–Crippen LogP) is 5.78. The number of amidine groups is 1. The molecule has 1 aromatic carbocycles. The average Bonchev–Trinajstić information content (AvgIpc) is 2.93. The molecule has 0 spiro atoms. The van der Waals surface area contributed by atoms with E-state index < -0.39 is 0 Å². The number of hydrogen-bond acceptors (Lipinski definition) is 3. The van der Waals surface area contributed by atoms with Gasteiger partial charge < -0.3 is 0 Å². The van der Waals surface area contributed by atoms with E-state index >= 15 is 0 Å². The molecule has 0 atom stereocenters. The molecule has 0 saturated carbocycles. The Morgan fingerprint density at radius 1 is 1.09 bits per heavy atom. The van der Waals surface area contributed by atoms with E-state index in [2.05, 4.69) is 47.3 Å². The number of aryl methyl sites for hydroxylation is 1. The van der Waals surface area contributed by atoms with E-state index in [1.165, 1.54) is 67.5 Å². The van der Waals surface area contributed by atoms with Gasteiger partial charge in [-0.1, -0.05) is 57.6 Å². The molecule has 1 aromatic rings. The second-order valence-electron chi connectivity index (χ2n) is 6.12. The quantitative estimate of drug-likeness (QED) is 0.566. The van der Waals surface area contributed by atoms with E-state index in [1.54, 1.807) is 0 Å². The highest BCUT2D eigenvalue weighted by Crippen LogP contribution is 2.44. The normalized spacial score (nSPS) is 15.7. The van der Waals surface area contributed by atoms with Crippen LogP contribution in [0.5, 0.6) is 0 Å². The van der Waals surface area contributed by atoms with Crippen LogP contribution in [0.15, 0.2) is 40.4 Å². The highest BCUT2D eigenvalue weighted by molar-refractivity contribution is 8.14. The highest BCUT2D eigenvalue weighted by Gasteiger charge is 2.28. The lowest BCUT2D eigenvalue weighted by atomic mass is 10.0. The van der Waals surface area contributed by atoms with Crippen molar-refractivity contribution in [1.29, 1.82) is 0 Å². The Hall–Kier alpha value is -1.22. The number of hydrogen-bond donors (Lipinski definition) is 0. The standard InChI is InChI=1S/C19H26N2S/c1-2-3-4-5-6-7-8-11-16-12-9-13-17-18(16)21-15-10-14-20-19(21)22-17/h9-10,12-13,15H,2-8,11,14H2,1H3. The van der Waals surface area contributed by atoms with Gasteiger partial charge in [0, 0.05) is 11.1 Å². The molecule has 0 radical (unpaired) electrons. The summed E-state index contributed by atoms with van der Waals surface area (Å²) < 4.78 is 0. The second kappa shape index (κ2) is 7.87. The van der Waals surface area contributed by atoms with Gasteiger partial charge in [-0.25, -0.2) is 0 Å². The summed E-state index contributed by atoms with van der Waals surface area (Å²) in [7, 11) is 0. The zero-order valence-corrected chi connectivity index (χ0v) is 14.4. The van der Waals surface area contributed by atoms with Gasteiger partial charge >= 0.3 is 0 Å². The molecule has 0 saturated heterocycles. The van der Waals surface area contributed by atoms with Crippen LogP contribution in [0.1, 0.15) is 57.4 Å². The van der Waals surface area contributed by atoms with Gasteiger partial charge in [-0.15, -0.1) is 0 Å². The van der Waals surface area contributed by atoms with Crippen molar-refractivity contribution < 1.29 is 0 Å². The first-order chi connectivity index (χ1) is 10.9. The first kappa shape index (κ1) is 15.7. The first-order valence-electron chi connectivity index (χ1n) is 8.70. The third-order valence-electron chi connectivity index (χ3n) is 4.37. The average molecular weight is 314 g/mol. The Balaban J connectivity index is 1.55. The lowest BCUT2D eigenvalue weighted by Crippen LogP contribution is -2.21. The lowest BCUT2D eigenvalue weighted by molar-refractivity contribution is 0.589. The van der Waals surface area contributed by atoms with E-state index in [0.717, 1.165) is 11.7 Å². The van der Waals surface area contributed by atoms with E-state index in [4.69, 9.17) is 0 Å². The van der Waals surface area contributed by atoms with Crippen LogP contribution in [0, 0.1) is 0 Å². The summed E-state index contributed by atoms with van der Waals surface area (Å²) in [5.74, 6) is 0. The molecule has 22 heavy (non-hydrogen) atoms. The van der Waals surface area contributed by atoms with Crippen molar-refractivity contribution in [3.05, 3.63) is 36.0 Å². The third kappa shape index (κ3) is 3.57. The number of nitrogens with zero attached hydrogens (tertiary/aromatic N) is 2. The minimum atomic E-state index is 0.819. The van der Waals surface area contributed by atoms with Crippen LogP contribution < -0.4 is 4.90 Å². The molecular weight excluding hydrogens is 288 g/mol. The van der Waals surface area contributed by atoms with Crippen molar-refractivity contribution in [1.82, 2.24) is 0 Å². The largest absolute Gasteiger partial charge is 0.295 e. The number of aliphatic imine (C=N–C) groups is 1.